The molecule has 0 spiro atoms. The summed E-state index contributed by atoms with van der Waals surface area (Å²) in [5.41, 5.74) is 0.945. The van der Waals surface area contributed by atoms with Crippen molar-refractivity contribution in [3.8, 4) is 0 Å². The highest BCUT2D eigenvalue weighted by atomic mass is 16.2. The van der Waals surface area contributed by atoms with Crippen molar-refractivity contribution in [1.29, 1.82) is 0 Å². The highest BCUT2D eigenvalue weighted by Crippen LogP contribution is 2.08. The van der Waals surface area contributed by atoms with Crippen molar-refractivity contribution in [2.75, 3.05) is 0 Å². The van der Waals surface area contributed by atoms with Gasteiger partial charge in [0.2, 0.25) is 5.91 Å². The van der Waals surface area contributed by atoms with Crippen molar-refractivity contribution >= 4 is 5.91 Å². The normalized spacial score (nSPS) is 15.8. The average Bonchev–Trinajstić information content (AvgIpc) is 2.39. The standard InChI is InChI=1S/C14H23N3O/c1-5-10(2)16-14(18)12(4)17-11(3)13-8-6-7-9-15-13/h6-12,17H,5H2,1-4H3,(H,16,18)/t10?,11-,12?/m0/s1. The molecule has 18 heavy (non-hydrogen) atoms. The number of carbonyl (C=O) groups is 1. The van der Waals surface area contributed by atoms with Crippen LogP contribution in [0.3, 0.4) is 0 Å². The number of hydrogen-bond donors (Lipinski definition) is 2. The van der Waals surface area contributed by atoms with Gasteiger partial charge < -0.3 is 5.32 Å². The zero-order valence-electron chi connectivity index (χ0n) is 11.6. The second-order valence-corrected chi connectivity index (χ2v) is 4.68. The maximum atomic E-state index is 11.9. The van der Waals surface area contributed by atoms with Gasteiger partial charge in [-0.1, -0.05) is 13.0 Å². The van der Waals surface area contributed by atoms with Gasteiger partial charge in [0.25, 0.3) is 0 Å². The molecule has 1 amide bonds. The van der Waals surface area contributed by atoms with Crippen LogP contribution in [0.2, 0.25) is 0 Å². The second-order valence-electron chi connectivity index (χ2n) is 4.68. The van der Waals surface area contributed by atoms with Gasteiger partial charge in [0, 0.05) is 18.3 Å². The number of nitrogens with zero attached hydrogens (tertiary/aromatic N) is 1. The van der Waals surface area contributed by atoms with Crippen LogP contribution in [0.4, 0.5) is 0 Å². The minimum absolute atomic E-state index is 0.0344. The minimum atomic E-state index is -0.226. The van der Waals surface area contributed by atoms with E-state index in [4.69, 9.17) is 0 Å². The van der Waals surface area contributed by atoms with E-state index in [2.05, 4.69) is 22.5 Å². The van der Waals surface area contributed by atoms with Gasteiger partial charge in [-0.25, -0.2) is 0 Å². The maximum Gasteiger partial charge on any atom is 0.237 e. The molecular weight excluding hydrogens is 226 g/mol. The molecule has 2 N–H and O–H groups in total. The fraction of sp³-hybridized carbons (Fsp3) is 0.571. The quantitative estimate of drug-likeness (QED) is 0.811. The van der Waals surface area contributed by atoms with E-state index in [1.807, 2.05) is 39.0 Å². The summed E-state index contributed by atoms with van der Waals surface area (Å²) in [6.45, 7) is 7.94. The van der Waals surface area contributed by atoms with Gasteiger partial charge in [-0.05, 0) is 39.3 Å². The van der Waals surface area contributed by atoms with Crippen LogP contribution in [-0.2, 0) is 4.79 Å². The van der Waals surface area contributed by atoms with Crippen LogP contribution in [0, 0.1) is 0 Å². The molecule has 1 aromatic heterocycles. The Morgan fingerprint density at radius 1 is 1.33 bits per heavy atom. The summed E-state index contributed by atoms with van der Waals surface area (Å²) in [5.74, 6) is 0.0344. The van der Waals surface area contributed by atoms with E-state index in [9.17, 15) is 4.79 Å². The summed E-state index contributed by atoms with van der Waals surface area (Å²) in [5, 5.41) is 6.22. The summed E-state index contributed by atoms with van der Waals surface area (Å²) in [6, 6.07) is 5.84. The molecule has 4 nitrogen and oxygen atoms in total. The molecule has 0 aliphatic heterocycles. The third-order valence-electron chi connectivity index (χ3n) is 3.03. The highest BCUT2D eigenvalue weighted by molar-refractivity contribution is 5.81. The first-order valence-electron chi connectivity index (χ1n) is 6.52. The SMILES string of the molecule is CCC(C)NC(=O)C(C)N[C@@H](C)c1ccccn1. The predicted molar refractivity (Wildman–Crippen MR) is 73.1 cm³/mol. The molecule has 0 aliphatic rings. The average molecular weight is 249 g/mol. The molecule has 1 aromatic rings. The Hall–Kier alpha value is -1.42. The molecule has 1 heterocycles. The number of nitrogens with one attached hydrogen (secondary N) is 2. The first kappa shape index (κ1) is 14.6. The lowest BCUT2D eigenvalue weighted by Gasteiger charge is -2.21. The van der Waals surface area contributed by atoms with Gasteiger partial charge in [-0.3, -0.25) is 15.1 Å². The fourth-order valence-electron chi connectivity index (χ4n) is 1.64. The zero-order valence-corrected chi connectivity index (χ0v) is 11.6. The lowest BCUT2D eigenvalue weighted by Crippen LogP contribution is -2.46. The van der Waals surface area contributed by atoms with Crippen molar-refractivity contribution in [1.82, 2.24) is 15.6 Å². The third-order valence-corrected chi connectivity index (χ3v) is 3.03. The molecule has 0 aliphatic carbocycles. The van der Waals surface area contributed by atoms with E-state index >= 15 is 0 Å². The van der Waals surface area contributed by atoms with E-state index in [1.165, 1.54) is 0 Å². The predicted octanol–water partition coefficient (Wildman–Crippen LogP) is 2.04. The monoisotopic (exact) mass is 249 g/mol. The van der Waals surface area contributed by atoms with E-state index in [1.54, 1.807) is 6.20 Å². The van der Waals surface area contributed by atoms with E-state index in [-0.39, 0.29) is 24.0 Å². The number of rotatable bonds is 6. The summed E-state index contributed by atoms with van der Waals surface area (Å²) in [4.78, 5) is 16.2. The van der Waals surface area contributed by atoms with Crippen LogP contribution >= 0.6 is 0 Å². The van der Waals surface area contributed by atoms with Gasteiger partial charge in [-0.15, -0.1) is 0 Å². The number of aromatic nitrogens is 1. The maximum absolute atomic E-state index is 11.9. The van der Waals surface area contributed by atoms with E-state index in [0.717, 1.165) is 12.1 Å². The fourth-order valence-corrected chi connectivity index (χ4v) is 1.64. The lowest BCUT2D eigenvalue weighted by atomic mass is 10.1. The van der Waals surface area contributed by atoms with Crippen LogP contribution in [0.25, 0.3) is 0 Å². The number of hydrogen-bond acceptors (Lipinski definition) is 3. The third kappa shape index (κ3) is 4.45. The van der Waals surface area contributed by atoms with Crippen molar-refractivity contribution in [2.45, 2.75) is 52.2 Å². The topological polar surface area (TPSA) is 54.0 Å². The molecule has 0 bridgehead atoms. The summed E-state index contributed by atoms with van der Waals surface area (Å²) >= 11 is 0. The molecule has 0 fully saturated rings. The first-order valence-corrected chi connectivity index (χ1v) is 6.52. The Balaban J connectivity index is 2.49. The number of carbonyl (C=O) groups excluding carboxylic acids is 1. The number of amides is 1. The van der Waals surface area contributed by atoms with Gasteiger partial charge in [-0.2, -0.15) is 0 Å². The smallest absolute Gasteiger partial charge is 0.237 e. The molecule has 1 rings (SSSR count). The Labute approximate surface area is 109 Å². The largest absolute Gasteiger partial charge is 0.352 e. The molecule has 0 saturated heterocycles. The number of pyridine rings is 1. The van der Waals surface area contributed by atoms with Gasteiger partial charge in [0.1, 0.15) is 0 Å². The molecular formula is C14H23N3O. The van der Waals surface area contributed by atoms with Crippen LogP contribution in [0.1, 0.15) is 45.9 Å². The van der Waals surface area contributed by atoms with Crippen LogP contribution in [0.15, 0.2) is 24.4 Å². The van der Waals surface area contributed by atoms with Crippen LogP contribution < -0.4 is 10.6 Å². The highest BCUT2D eigenvalue weighted by Gasteiger charge is 2.17. The zero-order chi connectivity index (χ0) is 13.5. The summed E-state index contributed by atoms with van der Waals surface area (Å²) < 4.78 is 0. The Morgan fingerprint density at radius 2 is 2.06 bits per heavy atom. The van der Waals surface area contributed by atoms with Gasteiger partial charge in [0.05, 0.1) is 11.7 Å². The van der Waals surface area contributed by atoms with Gasteiger partial charge >= 0.3 is 0 Å². The van der Waals surface area contributed by atoms with Crippen molar-refractivity contribution in [3.63, 3.8) is 0 Å². The van der Waals surface area contributed by atoms with Crippen molar-refractivity contribution < 1.29 is 4.79 Å². The summed E-state index contributed by atoms with van der Waals surface area (Å²) in [7, 11) is 0. The first-order chi connectivity index (χ1) is 8.54. The Morgan fingerprint density at radius 3 is 2.61 bits per heavy atom. The molecule has 2 unspecified atom stereocenters. The van der Waals surface area contributed by atoms with Crippen molar-refractivity contribution in [2.24, 2.45) is 0 Å². The molecule has 100 valence electrons. The van der Waals surface area contributed by atoms with Crippen molar-refractivity contribution in [3.05, 3.63) is 30.1 Å². The molecule has 3 atom stereocenters. The van der Waals surface area contributed by atoms with E-state index < -0.39 is 0 Å². The van der Waals surface area contributed by atoms with Crippen LogP contribution in [0.5, 0.6) is 0 Å². The lowest BCUT2D eigenvalue weighted by molar-refractivity contribution is -0.123. The summed E-state index contributed by atoms with van der Waals surface area (Å²) in [6.07, 6.45) is 2.70. The van der Waals surface area contributed by atoms with Gasteiger partial charge in [0.15, 0.2) is 0 Å². The van der Waals surface area contributed by atoms with E-state index in [0.29, 0.717) is 0 Å². The molecule has 0 aromatic carbocycles. The molecule has 0 saturated carbocycles. The Kier molecular flexibility index (Phi) is 5.78. The minimum Gasteiger partial charge on any atom is -0.352 e. The van der Waals surface area contributed by atoms with Crippen LogP contribution in [-0.4, -0.2) is 23.0 Å². The molecule has 4 heteroatoms. The second kappa shape index (κ2) is 7.11. The Bertz CT molecular complexity index is 367. The molecule has 0 radical (unpaired) electrons.